The predicted molar refractivity (Wildman–Crippen MR) is 122 cm³/mol. The van der Waals surface area contributed by atoms with Gasteiger partial charge in [0.15, 0.2) is 0 Å². The van der Waals surface area contributed by atoms with Crippen LogP contribution >= 0.6 is 0 Å². The van der Waals surface area contributed by atoms with Crippen LogP contribution in [0.1, 0.15) is 54.9 Å². The van der Waals surface area contributed by atoms with Crippen molar-refractivity contribution in [1.82, 2.24) is 19.9 Å². The summed E-state index contributed by atoms with van der Waals surface area (Å²) in [6.45, 7) is 6.16. The topological polar surface area (TPSA) is 117 Å². The highest BCUT2D eigenvalue weighted by Gasteiger charge is 2.22. The molecular weight excluding hydrogens is 430 g/mol. The molecule has 0 fully saturated rings. The van der Waals surface area contributed by atoms with Gasteiger partial charge in [0.2, 0.25) is 10.0 Å². The molecule has 0 saturated heterocycles. The summed E-state index contributed by atoms with van der Waals surface area (Å²) in [7, 11) is -2.14. The largest absolute Gasteiger partial charge is 0.385 e. The van der Waals surface area contributed by atoms with E-state index in [0.717, 1.165) is 19.3 Å². The number of nitrogens with zero attached hydrogens (tertiary/aromatic N) is 3. The third kappa shape index (κ3) is 6.17. The Hall–Kier alpha value is -2.72. The number of anilines is 1. The van der Waals surface area contributed by atoms with Crippen molar-refractivity contribution >= 4 is 21.6 Å². The number of aromatic nitrogens is 2. The molecule has 1 aliphatic rings. The summed E-state index contributed by atoms with van der Waals surface area (Å²) >= 11 is 0. The van der Waals surface area contributed by atoms with Gasteiger partial charge < -0.3 is 10.2 Å². The lowest BCUT2D eigenvalue weighted by molar-refractivity contribution is 0.0781. The normalized spacial score (nSPS) is 16.3. The van der Waals surface area contributed by atoms with Gasteiger partial charge in [-0.15, -0.1) is 0 Å². The Morgan fingerprint density at radius 3 is 2.66 bits per heavy atom. The highest BCUT2D eigenvalue weighted by atomic mass is 32.2. The van der Waals surface area contributed by atoms with Crippen LogP contribution in [0.25, 0.3) is 0 Å². The van der Waals surface area contributed by atoms with E-state index in [2.05, 4.69) is 32.5 Å². The maximum absolute atomic E-state index is 13.1. The van der Waals surface area contributed by atoms with Crippen LogP contribution in [0.3, 0.4) is 0 Å². The van der Waals surface area contributed by atoms with Gasteiger partial charge in [0.05, 0.1) is 11.4 Å². The number of benzene rings is 1. The first-order chi connectivity index (χ1) is 15.2. The van der Waals surface area contributed by atoms with E-state index >= 15 is 0 Å². The summed E-state index contributed by atoms with van der Waals surface area (Å²) in [6, 6.07) is 4.41. The maximum atomic E-state index is 13.1. The molecule has 1 aliphatic carbocycles. The Balaban J connectivity index is 1.87. The Morgan fingerprint density at radius 1 is 1.25 bits per heavy atom. The van der Waals surface area contributed by atoms with Crippen molar-refractivity contribution in [1.29, 1.82) is 0 Å². The van der Waals surface area contributed by atoms with Crippen molar-refractivity contribution in [2.45, 2.75) is 57.5 Å². The molecule has 1 aromatic heterocycles. The van der Waals surface area contributed by atoms with Crippen LogP contribution in [0.4, 0.5) is 5.69 Å². The molecule has 0 saturated carbocycles. The lowest BCUT2D eigenvalue weighted by atomic mass is 9.94. The van der Waals surface area contributed by atoms with E-state index in [1.165, 1.54) is 11.0 Å². The molecule has 0 aliphatic heterocycles. The molecule has 1 unspecified atom stereocenters. The molecule has 0 spiro atoms. The first-order valence-corrected chi connectivity index (χ1v) is 12.2. The van der Waals surface area contributed by atoms with Gasteiger partial charge >= 0.3 is 0 Å². The molecule has 2 aromatic rings. The smallest absolute Gasteiger partial charge is 0.254 e. The average molecular weight is 462 g/mol. The van der Waals surface area contributed by atoms with Crippen LogP contribution in [0, 0.1) is 12.8 Å². The van der Waals surface area contributed by atoms with Crippen molar-refractivity contribution in [3.05, 3.63) is 47.3 Å². The van der Waals surface area contributed by atoms with E-state index in [4.69, 9.17) is 4.63 Å². The van der Waals surface area contributed by atoms with E-state index < -0.39 is 10.0 Å². The summed E-state index contributed by atoms with van der Waals surface area (Å²) in [5, 5.41) is 10.9. The fraction of sp³-hybridized carbons (Fsp3) is 0.500. The highest BCUT2D eigenvalue weighted by Crippen LogP contribution is 2.23. The van der Waals surface area contributed by atoms with Gasteiger partial charge in [0.25, 0.3) is 5.91 Å². The van der Waals surface area contributed by atoms with Gasteiger partial charge in [-0.05, 0) is 64.2 Å². The molecule has 2 N–H and O–H groups in total. The standard InChI is InChI=1S/C22H31N5O4S/c1-15(2)26-32(29,30)20-11-18(22(28)27(4)14-21-16(3)24-31-25-21)10-19(12-20)23-13-17-8-6-5-7-9-17/h5-6,10-12,15,17,23,26H,7-9,13-14H2,1-4H3. The van der Waals surface area contributed by atoms with Gasteiger partial charge in [0.1, 0.15) is 11.4 Å². The number of hydrogen-bond acceptors (Lipinski definition) is 7. The average Bonchev–Trinajstić information content (AvgIpc) is 3.15. The number of sulfonamides is 1. The lowest BCUT2D eigenvalue weighted by Crippen LogP contribution is -2.31. The summed E-state index contributed by atoms with van der Waals surface area (Å²) in [4.78, 5) is 14.7. The minimum absolute atomic E-state index is 0.0516. The Labute approximate surface area is 189 Å². The molecule has 3 rings (SSSR count). The summed E-state index contributed by atoms with van der Waals surface area (Å²) in [5.74, 6) is 0.149. The Kier molecular flexibility index (Phi) is 7.68. The number of allylic oxidation sites excluding steroid dienone is 2. The molecule has 9 nitrogen and oxygen atoms in total. The second-order valence-corrected chi connectivity index (χ2v) is 10.2. The van der Waals surface area contributed by atoms with Crippen LogP contribution < -0.4 is 10.0 Å². The monoisotopic (exact) mass is 461 g/mol. The van der Waals surface area contributed by atoms with Crippen LogP contribution in [0.2, 0.25) is 0 Å². The molecule has 1 heterocycles. The SMILES string of the molecule is Cc1nonc1CN(C)C(=O)c1cc(NCC2CC=CCC2)cc(S(=O)(=O)NC(C)C)c1. The molecule has 1 atom stereocenters. The quantitative estimate of drug-likeness (QED) is 0.551. The second kappa shape index (κ2) is 10.3. The van der Waals surface area contributed by atoms with E-state index in [0.29, 0.717) is 29.5 Å². The molecule has 174 valence electrons. The van der Waals surface area contributed by atoms with Crippen molar-refractivity contribution in [3.8, 4) is 0 Å². The number of rotatable bonds is 9. The summed E-state index contributed by atoms with van der Waals surface area (Å²) in [6.07, 6.45) is 7.47. The van der Waals surface area contributed by atoms with Gasteiger partial charge in [-0.25, -0.2) is 17.8 Å². The van der Waals surface area contributed by atoms with Crippen molar-refractivity contribution < 1.29 is 17.8 Å². The van der Waals surface area contributed by atoms with Crippen LogP contribution in [0.15, 0.2) is 39.9 Å². The zero-order valence-corrected chi connectivity index (χ0v) is 19.8. The molecular formula is C22H31N5O4S. The van der Waals surface area contributed by atoms with Crippen molar-refractivity contribution in [3.63, 3.8) is 0 Å². The first-order valence-electron chi connectivity index (χ1n) is 10.8. The minimum atomic E-state index is -3.77. The summed E-state index contributed by atoms with van der Waals surface area (Å²) in [5.41, 5.74) is 2.03. The number of aryl methyl sites for hydroxylation is 1. The Morgan fingerprint density at radius 2 is 2.03 bits per heavy atom. The van der Waals surface area contributed by atoms with Crippen molar-refractivity contribution in [2.75, 3.05) is 18.9 Å². The first kappa shape index (κ1) is 23.9. The van der Waals surface area contributed by atoms with E-state index in [-0.39, 0.29) is 29.0 Å². The lowest BCUT2D eigenvalue weighted by Gasteiger charge is -2.21. The van der Waals surface area contributed by atoms with Crippen LogP contribution in [0.5, 0.6) is 0 Å². The number of amides is 1. The minimum Gasteiger partial charge on any atom is -0.385 e. The van der Waals surface area contributed by atoms with Gasteiger partial charge in [-0.1, -0.05) is 22.5 Å². The molecule has 10 heteroatoms. The zero-order valence-electron chi connectivity index (χ0n) is 19.0. The predicted octanol–water partition coefficient (Wildman–Crippen LogP) is 3.11. The van der Waals surface area contributed by atoms with E-state index in [1.807, 2.05) is 0 Å². The Bertz CT molecular complexity index is 1080. The third-order valence-electron chi connectivity index (χ3n) is 5.31. The number of nitrogens with one attached hydrogen (secondary N) is 2. The molecule has 0 bridgehead atoms. The van der Waals surface area contributed by atoms with Gasteiger partial charge in [-0.2, -0.15) is 0 Å². The molecule has 1 amide bonds. The highest BCUT2D eigenvalue weighted by molar-refractivity contribution is 7.89. The molecule has 32 heavy (non-hydrogen) atoms. The fourth-order valence-corrected chi connectivity index (χ4v) is 4.89. The zero-order chi connectivity index (χ0) is 23.3. The molecule has 1 aromatic carbocycles. The number of carbonyl (C=O) groups is 1. The van der Waals surface area contributed by atoms with E-state index in [9.17, 15) is 13.2 Å². The van der Waals surface area contributed by atoms with Crippen molar-refractivity contribution in [2.24, 2.45) is 5.92 Å². The van der Waals surface area contributed by atoms with Crippen LogP contribution in [-0.4, -0.2) is 49.2 Å². The third-order valence-corrected chi connectivity index (χ3v) is 6.95. The van der Waals surface area contributed by atoms with Crippen LogP contribution in [-0.2, 0) is 16.6 Å². The summed E-state index contributed by atoms with van der Waals surface area (Å²) < 4.78 is 33.0. The molecule has 0 radical (unpaired) electrons. The number of carbonyl (C=O) groups excluding carboxylic acids is 1. The number of hydrogen-bond donors (Lipinski definition) is 2. The maximum Gasteiger partial charge on any atom is 0.254 e. The second-order valence-electron chi connectivity index (χ2n) is 8.51. The van der Waals surface area contributed by atoms with E-state index in [1.54, 1.807) is 40.0 Å². The van der Waals surface area contributed by atoms with Gasteiger partial charge in [0, 0.05) is 30.9 Å². The van der Waals surface area contributed by atoms with Gasteiger partial charge in [-0.3, -0.25) is 4.79 Å². The fourth-order valence-electron chi connectivity index (χ4n) is 3.57.